The van der Waals surface area contributed by atoms with Crippen LogP contribution in [0.15, 0.2) is 41.0 Å². The minimum absolute atomic E-state index is 0.0144. The van der Waals surface area contributed by atoms with E-state index in [1.165, 1.54) is 11.1 Å². The van der Waals surface area contributed by atoms with Gasteiger partial charge in [0, 0.05) is 23.4 Å². The first-order valence-corrected chi connectivity index (χ1v) is 7.78. The Morgan fingerprint density at radius 2 is 2.23 bits per heavy atom. The van der Waals surface area contributed by atoms with Crippen molar-refractivity contribution in [3.63, 3.8) is 0 Å². The number of aromatic hydroxyl groups is 1. The molecule has 0 bridgehead atoms. The zero-order chi connectivity index (χ0) is 15.1. The van der Waals surface area contributed by atoms with Gasteiger partial charge in [0.1, 0.15) is 5.75 Å². The number of piperidine rings is 1. The van der Waals surface area contributed by atoms with Crippen LogP contribution in [0.2, 0.25) is 0 Å². The van der Waals surface area contributed by atoms with Crippen molar-refractivity contribution in [2.75, 3.05) is 0 Å². The molecule has 2 aliphatic carbocycles. The van der Waals surface area contributed by atoms with E-state index >= 15 is 0 Å². The highest BCUT2D eigenvalue weighted by molar-refractivity contribution is 5.93. The van der Waals surface area contributed by atoms with Gasteiger partial charge < -0.3 is 14.4 Å². The molecule has 2 aromatic rings. The maximum absolute atomic E-state index is 12.6. The van der Waals surface area contributed by atoms with Gasteiger partial charge in [-0.3, -0.25) is 4.79 Å². The third kappa shape index (κ3) is 1.27. The average molecular weight is 295 g/mol. The molecule has 5 rings (SSSR count). The van der Waals surface area contributed by atoms with Crippen molar-refractivity contribution in [1.29, 1.82) is 0 Å². The maximum atomic E-state index is 12.6. The molecule has 4 heteroatoms. The van der Waals surface area contributed by atoms with E-state index in [1.54, 1.807) is 24.5 Å². The van der Waals surface area contributed by atoms with Crippen LogP contribution in [0.3, 0.4) is 0 Å². The number of rotatable bonds is 1. The van der Waals surface area contributed by atoms with Crippen LogP contribution in [-0.2, 0) is 11.8 Å². The van der Waals surface area contributed by atoms with Gasteiger partial charge in [-0.25, -0.2) is 0 Å². The first-order chi connectivity index (χ1) is 10.6. The number of hydrogen-bond donors (Lipinski definition) is 1. The molecule has 1 N–H and O–H groups in total. The van der Waals surface area contributed by atoms with Crippen molar-refractivity contribution in [2.24, 2.45) is 5.92 Å². The van der Waals surface area contributed by atoms with E-state index in [4.69, 9.17) is 4.42 Å². The lowest BCUT2D eigenvalue weighted by Gasteiger charge is -2.72. The predicted octanol–water partition coefficient (Wildman–Crippen LogP) is 2.71. The standard InChI is InChI=1S/C18H17NO3/c1-18-9-14-16(18)13(7-10-4-5-11(20)8-12(10)18)19(14)17(21)15-3-2-6-22-15/h2-6,8,13-14,16,20H,7,9H2,1H3/t13-,14?,16-,18+/m1/s1. The van der Waals surface area contributed by atoms with E-state index in [0.717, 1.165) is 12.8 Å². The number of benzene rings is 1. The molecule has 4 atom stereocenters. The van der Waals surface area contributed by atoms with Gasteiger partial charge in [-0.05, 0) is 48.2 Å². The van der Waals surface area contributed by atoms with Crippen LogP contribution in [0.4, 0.5) is 0 Å². The van der Waals surface area contributed by atoms with Gasteiger partial charge in [0.25, 0.3) is 5.91 Å². The summed E-state index contributed by atoms with van der Waals surface area (Å²) in [5.41, 5.74) is 2.63. The first-order valence-electron chi connectivity index (χ1n) is 7.78. The molecular weight excluding hydrogens is 278 g/mol. The third-order valence-electron chi connectivity index (χ3n) is 6.02. The lowest BCUT2D eigenvalue weighted by Crippen LogP contribution is -2.80. The average Bonchev–Trinajstić information content (AvgIpc) is 2.99. The molecule has 2 fully saturated rings. The Bertz CT molecular complexity index is 782. The fraction of sp³-hybridized carbons (Fsp3) is 0.389. The summed E-state index contributed by atoms with van der Waals surface area (Å²) in [6.07, 6.45) is 3.39. The number of phenols is 1. The minimum atomic E-state index is 0.0144. The third-order valence-corrected chi connectivity index (χ3v) is 6.02. The van der Waals surface area contributed by atoms with Gasteiger partial charge in [0.2, 0.25) is 0 Å². The molecule has 0 radical (unpaired) electrons. The Labute approximate surface area is 128 Å². The summed E-state index contributed by atoms with van der Waals surface area (Å²) in [5.74, 6) is 1.30. The second-order valence-electron chi connectivity index (χ2n) is 7.02. The van der Waals surface area contributed by atoms with Crippen LogP contribution in [0, 0.1) is 5.92 Å². The van der Waals surface area contributed by atoms with Crippen molar-refractivity contribution in [1.82, 2.24) is 4.90 Å². The Morgan fingerprint density at radius 1 is 1.36 bits per heavy atom. The van der Waals surface area contributed by atoms with Gasteiger partial charge in [-0.2, -0.15) is 0 Å². The predicted molar refractivity (Wildman–Crippen MR) is 79.7 cm³/mol. The fourth-order valence-corrected chi connectivity index (χ4v) is 5.07. The second kappa shape index (κ2) is 3.75. The van der Waals surface area contributed by atoms with Gasteiger partial charge in [0.15, 0.2) is 5.76 Å². The lowest BCUT2D eigenvalue weighted by atomic mass is 9.43. The smallest absolute Gasteiger partial charge is 0.290 e. The van der Waals surface area contributed by atoms with Crippen molar-refractivity contribution in [3.05, 3.63) is 53.5 Å². The SMILES string of the molecule is C[C@@]12CC3[C@H]1[C@@H](Cc1ccc(O)cc12)N3C(=O)c1ccco1. The highest BCUT2D eigenvalue weighted by atomic mass is 16.3. The van der Waals surface area contributed by atoms with E-state index < -0.39 is 0 Å². The highest BCUT2D eigenvalue weighted by Gasteiger charge is 2.69. The topological polar surface area (TPSA) is 53.7 Å². The van der Waals surface area contributed by atoms with Crippen LogP contribution in [0.1, 0.15) is 35.0 Å². The molecular formula is C18H17NO3. The van der Waals surface area contributed by atoms with Crippen molar-refractivity contribution < 1.29 is 14.3 Å². The summed E-state index contributed by atoms with van der Waals surface area (Å²) in [6.45, 7) is 2.27. The molecule has 0 spiro atoms. The van der Waals surface area contributed by atoms with Crippen LogP contribution < -0.4 is 0 Å². The zero-order valence-corrected chi connectivity index (χ0v) is 12.3. The quantitative estimate of drug-likeness (QED) is 0.880. The molecule has 4 nitrogen and oxygen atoms in total. The van der Waals surface area contributed by atoms with Gasteiger partial charge in [-0.1, -0.05) is 13.0 Å². The highest BCUT2D eigenvalue weighted by Crippen LogP contribution is 2.64. The molecule has 112 valence electrons. The molecule has 3 aliphatic rings. The molecule has 1 saturated heterocycles. The summed E-state index contributed by atoms with van der Waals surface area (Å²) in [6, 6.07) is 9.75. The van der Waals surface area contributed by atoms with Gasteiger partial charge in [-0.15, -0.1) is 0 Å². The maximum Gasteiger partial charge on any atom is 0.290 e. The molecule has 1 aromatic heterocycles. The summed E-state index contributed by atoms with van der Waals surface area (Å²) in [5, 5.41) is 9.80. The molecule has 1 aromatic carbocycles. The molecule has 2 heterocycles. The van der Waals surface area contributed by atoms with Crippen LogP contribution in [0.25, 0.3) is 0 Å². The van der Waals surface area contributed by atoms with E-state index in [1.807, 2.05) is 17.0 Å². The van der Waals surface area contributed by atoms with E-state index in [9.17, 15) is 9.90 Å². The number of amides is 1. The Kier molecular flexibility index (Phi) is 2.10. The Hall–Kier alpha value is -2.23. The Balaban J connectivity index is 1.53. The number of likely N-dealkylation sites (tertiary alicyclic amines) is 1. The molecule has 1 aliphatic heterocycles. The molecule has 1 unspecified atom stereocenters. The zero-order valence-electron chi connectivity index (χ0n) is 12.3. The number of carbonyl (C=O) groups excluding carboxylic acids is 1. The number of phenolic OH excluding ortho intramolecular Hbond substituents is 1. The van der Waals surface area contributed by atoms with Gasteiger partial charge >= 0.3 is 0 Å². The first kappa shape index (κ1) is 12.3. The van der Waals surface area contributed by atoms with Crippen molar-refractivity contribution in [2.45, 2.75) is 37.3 Å². The van der Waals surface area contributed by atoms with Crippen LogP contribution in [-0.4, -0.2) is 28.0 Å². The van der Waals surface area contributed by atoms with Crippen LogP contribution >= 0.6 is 0 Å². The fourth-order valence-electron chi connectivity index (χ4n) is 5.07. The normalized spacial score (nSPS) is 34.2. The minimum Gasteiger partial charge on any atom is -0.508 e. The molecule has 1 amide bonds. The van der Waals surface area contributed by atoms with E-state index in [0.29, 0.717) is 23.5 Å². The van der Waals surface area contributed by atoms with Crippen LogP contribution in [0.5, 0.6) is 5.75 Å². The molecule has 1 saturated carbocycles. The number of nitrogens with zero attached hydrogens (tertiary/aromatic N) is 1. The largest absolute Gasteiger partial charge is 0.508 e. The summed E-state index contributed by atoms with van der Waals surface area (Å²) >= 11 is 0. The van der Waals surface area contributed by atoms with E-state index in [2.05, 4.69) is 6.92 Å². The van der Waals surface area contributed by atoms with Crippen molar-refractivity contribution >= 4 is 5.91 Å². The summed E-state index contributed by atoms with van der Waals surface area (Å²) in [7, 11) is 0. The van der Waals surface area contributed by atoms with Gasteiger partial charge in [0.05, 0.1) is 6.26 Å². The number of fused-ring (bicyclic) bond motifs is 2. The van der Waals surface area contributed by atoms with E-state index in [-0.39, 0.29) is 17.4 Å². The number of furan rings is 1. The lowest BCUT2D eigenvalue weighted by molar-refractivity contribution is -0.156. The summed E-state index contributed by atoms with van der Waals surface area (Å²) in [4.78, 5) is 14.7. The number of carbonyl (C=O) groups is 1. The van der Waals surface area contributed by atoms with Crippen molar-refractivity contribution in [3.8, 4) is 5.75 Å². The second-order valence-corrected chi connectivity index (χ2v) is 7.02. The monoisotopic (exact) mass is 295 g/mol. The Morgan fingerprint density at radius 3 is 3.00 bits per heavy atom. The number of hydrogen-bond acceptors (Lipinski definition) is 3. The summed E-state index contributed by atoms with van der Waals surface area (Å²) < 4.78 is 5.28. The molecule has 22 heavy (non-hydrogen) atoms.